The zero-order chi connectivity index (χ0) is 11.9. The van der Waals surface area contributed by atoms with E-state index in [0.29, 0.717) is 0 Å². The second kappa shape index (κ2) is 7.31. The number of hydrogen-bond donors (Lipinski definition) is 1. The van der Waals surface area contributed by atoms with Gasteiger partial charge in [-0.15, -0.1) is 0 Å². The Bertz CT molecular complexity index is 203. The van der Waals surface area contributed by atoms with Gasteiger partial charge in [-0.2, -0.15) is 0 Å². The molecule has 4 nitrogen and oxygen atoms in total. The average molecular weight is 241 g/mol. The summed E-state index contributed by atoms with van der Waals surface area (Å²) in [6, 6.07) is 0.850. The third-order valence-corrected chi connectivity index (χ3v) is 4.05. The molecule has 0 atom stereocenters. The van der Waals surface area contributed by atoms with Crippen LogP contribution in [0, 0.1) is 0 Å². The summed E-state index contributed by atoms with van der Waals surface area (Å²) in [5.74, 6) is 0. The van der Waals surface area contributed by atoms with Gasteiger partial charge >= 0.3 is 0 Å². The van der Waals surface area contributed by atoms with Gasteiger partial charge in [0.2, 0.25) is 0 Å². The Balaban J connectivity index is 1.67. The van der Waals surface area contributed by atoms with Gasteiger partial charge in [-0.05, 0) is 32.4 Å². The molecule has 1 aliphatic carbocycles. The highest BCUT2D eigenvalue weighted by Crippen LogP contribution is 2.24. The fourth-order valence-corrected chi connectivity index (χ4v) is 2.62. The molecule has 1 heterocycles. The molecule has 2 rings (SSSR count). The number of nitrogens with two attached hydrogens (primary N) is 1. The summed E-state index contributed by atoms with van der Waals surface area (Å²) in [5, 5.41) is 0. The van der Waals surface area contributed by atoms with Crippen molar-refractivity contribution in [2.24, 2.45) is 5.73 Å². The first-order chi connectivity index (χ1) is 8.40. The van der Waals surface area contributed by atoms with Crippen LogP contribution < -0.4 is 5.73 Å². The van der Waals surface area contributed by atoms with E-state index < -0.39 is 0 Å². The average Bonchev–Trinajstić information content (AvgIpc) is 2.31. The summed E-state index contributed by atoms with van der Waals surface area (Å²) in [6.45, 7) is 8.45. The maximum absolute atomic E-state index is 5.62. The predicted octanol–water partition coefficient (Wildman–Crippen LogP) is 0.522. The lowest BCUT2D eigenvalue weighted by Crippen LogP contribution is -2.47. The molecule has 1 aliphatic heterocycles. The molecule has 2 N–H and O–H groups in total. The van der Waals surface area contributed by atoms with Crippen molar-refractivity contribution in [3.8, 4) is 0 Å². The molecule has 0 amide bonds. The normalized spacial score (nSPS) is 22.9. The topological polar surface area (TPSA) is 41.7 Å². The molecule has 0 bridgehead atoms. The lowest BCUT2D eigenvalue weighted by Gasteiger charge is -2.39. The Hall–Kier alpha value is -0.160. The van der Waals surface area contributed by atoms with Gasteiger partial charge in [-0.3, -0.25) is 9.80 Å². The second-order valence-electron chi connectivity index (χ2n) is 5.22. The lowest BCUT2D eigenvalue weighted by molar-refractivity contribution is 0.0269. The van der Waals surface area contributed by atoms with Crippen molar-refractivity contribution in [3.05, 3.63) is 0 Å². The van der Waals surface area contributed by atoms with E-state index in [0.717, 1.165) is 45.3 Å². The quantitative estimate of drug-likeness (QED) is 0.706. The third kappa shape index (κ3) is 4.21. The zero-order valence-corrected chi connectivity index (χ0v) is 10.9. The highest BCUT2D eigenvalue weighted by atomic mass is 16.5. The van der Waals surface area contributed by atoms with Crippen LogP contribution in [0.4, 0.5) is 0 Å². The van der Waals surface area contributed by atoms with Crippen LogP contribution in [0.3, 0.4) is 0 Å². The summed E-state index contributed by atoms with van der Waals surface area (Å²) in [6.07, 6.45) is 5.35. The van der Waals surface area contributed by atoms with Gasteiger partial charge in [0, 0.05) is 32.2 Å². The molecule has 100 valence electrons. The van der Waals surface area contributed by atoms with E-state index in [1.165, 1.54) is 38.9 Å². The molecule has 0 spiro atoms. The van der Waals surface area contributed by atoms with E-state index in [2.05, 4.69) is 9.80 Å². The van der Waals surface area contributed by atoms with E-state index in [4.69, 9.17) is 10.5 Å². The molecule has 0 radical (unpaired) electrons. The summed E-state index contributed by atoms with van der Waals surface area (Å²) in [4.78, 5) is 5.18. The van der Waals surface area contributed by atoms with Crippen molar-refractivity contribution in [3.63, 3.8) is 0 Å². The fraction of sp³-hybridized carbons (Fsp3) is 1.00. The van der Waals surface area contributed by atoms with Gasteiger partial charge in [0.1, 0.15) is 0 Å². The van der Waals surface area contributed by atoms with Crippen LogP contribution in [0.1, 0.15) is 25.7 Å². The van der Waals surface area contributed by atoms with Gasteiger partial charge in [0.15, 0.2) is 0 Å². The molecule has 0 aromatic heterocycles. The zero-order valence-electron chi connectivity index (χ0n) is 10.9. The molecular weight excluding hydrogens is 214 g/mol. The minimum atomic E-state index is 0.820. The number of rotatable bonds is 7. The molecule has 1 saturated carbocycles. The van der Waals surface area contributed by atoms with Crippen molar-refractivity contribution in [2.75, 3.05) is 52.5 Å². The smallest absolute Gasteiger partial charge is 0.0594 e. The molecule has 1 saturated heterocycles. The summed E-state index contributed by atoms with van der Waals surface area (Å²) < 4.78 is 5.38. The lowest BCUT2D eigenvalue weighted by atomic mass is 9.91. The van der Waals surface area contributed by atoms with Crippen LogP contribution in [0.5, 0.6) is 0 Å². The Morgan fingerprint density at radius 2 is 1.94 bits per heavy atom. The van der Waals surface area contributed by atoms with E-state index in [1.54, 1.807) is 0 Å². The minimum Gasteiger partial charge on any atom is -0.379 e. The predicted molar refractivity (Wildman–Crippen MR) is 70.1 cm³/mol. The molecule has 17 heavy (non-hydrogen) atoms. The Morgan fingerprint density at radius 1 is 1.18 bits per heavy atom. The minimum absolute atomic E-state index is 0.820. The Kier molecular flexibility index (Phi) is 5.71. The number of morpholine rings is 1. The van der Waals surface area contributed by atoms with Gasteiger partial charge in [-0.1, -0.05) is 6.42 Å². The van der Waals surface area contributed by atoms with E-state index >= 15 is 0 Å². The van der Waals surface area contributed by atoms with Crippen molar-refractivity contribution in [1.82, 2.24) is 9.80 Å². The van der Waals surface area contributed by atoms with Crippen LogP contribution in [0.2, 0.25) is 0 Å². The first-order valence-electron chi connectivity index (χ1n) is 7.14. The SMILES string of the molecule is NCCCN(CCN1CCOCC1)C1CCC1. The van der Waals surface area contributed by atoms with Crippen LogP contribution in [-0.4, -0.2) is 68.3 Å². The van der Waals surface area contributed by atoms with E-state index in [-0.39, 0.29) is 0 Å². The molecule has 2 aliphatic rings. The number of ether oxygens (including phenoxy) is 1. The first-order valence-corrected chi connectivity index (χ1v) is 7.14. The third-order valence-electron chi connectivity index (χ3n) is 4.05. The summed E-state index contributed by atoms with van der Waals surface area (Å²) >= 11 is 0. The summed E-state index contributed by atoms with van der Waals surface area (Å²) in [5.41, 5.74) is 5.62. The van der Waals surface area contributed by atoms with Gasteiger partial charge in [0.25, 0.3) is 0 Å². The molecule has 4 heteroatoms. The Morgan fingerprint density at radius 3 is 2.53 bits per heavy atom. The van der Waals surface area contributed by atoms with Crippen molar-refractivity contribution < 1.29 is 4.74 Å². The van der Waals surface area contributed by atoms with Gasteiger partial charge in [-0.25, -0.2) is 0 Å². The number of nitrogens with zero attached hydrogens (tertiary/aromatic N) is 2. The summed E-state index contributed by atoms with van der Waals surface area (Å²) in [7, 11) is 0. The maximum atomic E-state index is 5.62. The second-order valence-corrected chi connectivity index (χ2v) is 5.22. The van der Waals surface area contributed by atoms with Crippen molar-refractivity contribution in [1.29, 1.82) is 0 Å². The fourth-order valence-electron chi connectivity index (χ4n) is 2.62. The van der Waals surface area contributed by atoms with Crippen LogP contribution >= 0.6 is 0 Å². The van der Waals surface area contributed by atoms with Gasteiger partial charge in [0.05, 0.1) is 13.2 Å². The monoisotopic (exact) mass is 241 g/mol. The Labute approximate surface area is 105 Å². The standard InChI is InChI=1S/C13H27N3O/c14-5-2-6-16(13-3-1-4-13)8-7-15-9-11-17-12-10-15/h13H,1-12,14H2. The molecule has 0 aromatic carbocycles. The maximum Gasteiger partial charge on any atom is 0.0594 e. The van der Waals surface area contributed by atoms with Gasteiger partial charge < -0.3 is 10.5 Å². The van der Waals surface area contributed by atoms with Crippen molar-refractivity contribution >= 4 is 0 Å². The van der Waals surface area contributed by atoms with Crippen LogP contribution in [0.25, 0.3) is 0 Å². The van der Waals surface area contributed by atoms with E-state index in [1.807, 2.05) is 0 Å². The molecule has 0 unspecified atom stereocenters. The van der Waals surface area contributed by atoms with Crippen LogP contribution in [-0.2, 0) is 4.74 Å². The van der Waals surface area contributed by atoms with E-state index in [9.17, 15) is 0 Å². The van der Waals surface area contributed by atoms with Crippen molar-refractivity contribution in [2.45, 2.75) is 31.7 Å². The highest BCUT2D eigenvalue weighted by Gasteiger charge is 2.24. The first kappa shape index (κ1) is 13.3. The largest absolute Gasteiger partial charge is 0.379 e. The molecule has 2 fully saturated rings. The molecular formula is C13H27N3O. The highest BCUT2D eigenvalue weighted by molar-refractivity contribution is 4.81. The molecule has 0 aromatic rings. The number of hydrogen-bond acceptors (Lipinski definition) is 4. The van der Waals surface area contributed by atoms with Crippen LogP contribution in [0.15, 0.2) is 0 Å².